The highest BCUT2D eigenvalue weighted by Crippen LogP contribution is 2.06. The van der Waals surface area contributed by atoms with Crippen LogP contribution < -0.4 is 0 Å². The summed E-state index contributed by atoms with van der Waals surface area (Å²) in [5.41, 5.74) is 0. The van der Waals surface area contributed by atoms with E-state index in [1.54, 1.807) is 0 Å². The molecule has 18 heavy (non-hydrogen) atoms. The Kier molecular flexibility index (Phi) is 14.3. The van der Waals surface area contributed by atoms with E-state index >= 15 is 0 Å². The molecule has 110 valence electrons. The summed E-state index contributed by atoms with van der Waals surface area (Å²) in [5.74, 6) is 0. The van der Waals surface area contributed by atoms with Crippen LogP contribution in [-0.2, 0) is 9.47 Å². The van der Waals surface area contributed by atoms with Gasteiger partial charge in [0.2, 0.25) is 0 Å². The number of alkyl halides is 2. The summed E-state index contributed by atoms with van der Waals surface area (Å²) in [4.78, 5) is 0. The van der Waals surface area contributed by atoms with Gasteiger partial charge in [0.05, 0.1) is 13.2 Å². The van der Waals surface area contributed by atoms with Gasteiger partial charge in [-0.05, 0) is 52.4 Å². The van der Waals surface area contributed by atoms with E-state index in [1.165, 1.54) is 0 Å². The predicted octanol–water partition coefficient (Wildman–Crippen LogP) is 4.61. The Morgan fingerprint density at radius 1 is 0.667 bits per heavy atom. The van der Waals surface area contributed by atoms with Crippen molar-refractivity contribution >= 4 is 23.2 Å². The Bertz CT molecular complexity index is 146. The van der Waals surface area contributed by atoms with Gasteiger partial charge in [-0.3, -0.25) is 0 Å². The highest BCUT2D eigenvalue weighted by atomic mass is 35.5. The zero-order chi connectivity index (χ0) is 13.6. The molecule has 0 N–H and O–H groups in total. The van der Waals surface area contributed by atoms with Crippen molar-refractivity contribution < 1.29 is 9.47 Å². The number of unbranched alkanes of at least 4 members (excludes halogenated alkanes) is 2. The van der Waals surface area contributed by atoms with Gasteiger partial charge in [-0.1, -0.05) is 0 Å². The molecule has 0 aliphatic carbocycles. The Morgan fingerprint density at radius 2 is 1.06 bits per heavy atom. The number of halogens is 2. The minimum absolute atomic E-state index is 0.282. The summed E-state index contributed by atoms with van der Waals surface area (Å²) in [6.07, 6.45) is 6.60. The van der Waals surface area contributed by atoms with Crippen molar-refractivity contribution in [2.45, 2.75) is 63.1 Å². The van der Waals surface area contributed by atoms with Gasteiger partial charge in [-0.2, -0.15) is 0 Å². The Morgan fingerprint density at radius 3 is 1.39 bits per heavy atom. The summed E-state index contributed by atoms with van der Waals surface area (Å²) >= 11 is 11.7. The quantitative estimate of drug-likeness (QED) is 0.365. The fourth-order valence-electron chi connectivity index (χ4n) is 1.58. The summed E-state index contributed by atoms with van der Waals surface area (Å²) in [5, 5.41) is 0.563. The van der Waals surface area contributed by atoms with E-state index < -0.39 is 0 Å². The summed E-state index contributed by atoms with van der Waals surface area (Å²) in [7, 11) is 0. The summed E-state index contributed by atoms with van der Waals surface area (Å²) in [6.45, 7) is 7.08. The van der Waals surface area contributed by atoms with E-state index in [9.17, 15) is 0 Å². The minimum atomic E-state index is 0.282. The smallest absolute Gasteiger partial charge is 0.0700 e. The first-order chi connectivity index (χ1) is 8.63. The number of hydrogen-bond donors (Lipinski definition) is 0. The lowest BCUT2D eigenvalue weighted by molar-refractivity contribution is 0.0449. The molecular formula is C14H28Cl2O2. The topological polar surface area (TPSA) is 18.5 Å². The molecule has 0 radical (unpaired) electrons. The van der Waals surface area contributed by atoms with Gasteiger partial charge in [-0.15, -0.1) is 23.2 Å². The number of ether oxygens (including phenoxy) is 2. The lowest BCUT2D eigenvalue weighted by atomic mass is 10.2. The standard InChI is InChI=1S/C14H28Cl2O2/c1-13(15)7-3-5-9-17-11-12-18-10-6-4-8-14(2)16/h13-14H,3-12H2,1-2H3. The molecule has 0 saturated carbocycles. The van der Waals surface area contributed by atoms with E-state index in [4.69, 9.17) is 32.7 Å². The molecule has 0 aromatic rings. The second kappa shape index (κ2) is 13.9. The molecule has 2 atom stereocenters. The van der Waals surface area contributed by atoms with Crippen LogP contribution in [0.15, 0.2) is 0 Å². The first kappa shape index (κ1) is 18.5. The molecule has 2 unspecified atom stereocenters. The third-order valence-corrected chi connectivity index (χ3v) is 3.09. The highest BCUT2D eigenvalue weighted by Gasteiger charge is 1.97. The molecule has 0 amide bonds. The van der Waals surface area contributed by atoms with Crippen LogP contribution in [0, 0.1) is 0 Å². The molecule has 0 spiro atoms. The van der Waals surface area contributed by atoms with Crippen LogP contribution in [0.1, 0.15) is 52.4 Å². The van der Waals surface area contributed by atoms with Crippen LogP contribution in [0.4, 0.5) is 0 Å². The molecule has 4 heteroatoms. The number of rotatable bonds is 13. The van der Waals surface area contributed by atoms with Crippen molar-refractivity contribution in [2.75, 3.05) is 26.4 Å². The van der Waals surface area contributed by atoms with Crippen molar-refractivity contribution in [3.05, 3.63) is 0 Å². The van der Waals surface area contributed by atoms with Gasteiger partial charge in [0.1, 0.15) is 0 Å². The van der Waals surface area contributed by atoms with Crippen molar-refractivity contribution in [3.63, 3.8) is 0 Å². The van der Waals surface area contributed by atoms with Gasteiger partial charge < -0.3 is 9.47 Å². The third-order valence-electron chi connectivity index (χ3n) is 2.65. The van der Waals surface area contributed by atoms with E-state index in [1.807, 2.05) is 13.8 Å². The first-order valence-corrected chi connectivity index (χ1v) is 7.94. The average molecular weight is 299 g/mol. The third kappa shape index (κ3) is 16.5. The maximum absolute atomic E-state index is 5.85. The number of hydrogen-bond acceptors (Lipinski definition) is 2. The zero-order valence-electron chi connectivity index (χ0n) is 11.8. The Labute approximate surface area is 122 Å². The van der Waals surface area contributed by atoms with Crippen LogP contribution >= 0.6 is 23.2 Å². The zero-order valence-corrected chi connectivity index (χ0v) is 13.3. The fourth-order valence-corrected chi connectivity index (χ4v) is 1.89. The van der Waals surface area contributed by atoms with Gasteiger partial charge in [-0.25, -0.2) is 0 Å². The molecule has 0 bridgehead atoms. The Balaban J connectivity index is 2.95. The minimum Gasteiger partial charge on any atom is -0.379 e. The van der Waals surface area contributed by atoms with Crippen molar-refractivity contribution in [1.82, 2.24) is 0 Å². The van der Waals surface area contributed by atoms with E-state index in [0.29, 0.717) is 13.2 Å². The van der Waals surface area contributed by atoms with Gasteiger partial charge in [0.15, 0.2) is 0 Å². The van der Waals surface area contributed by atoms with Crippen LogP contribution in [-0.4, -0.2) is 37.2 Å². The highest BCUT2D eigenvalue weighted by molar-refractivity contribution is 6.20. The molecule has 0 aliphatic rings. The molecule has 0 heterocycles. The van der Waals surface area contributed by atoms with E-state index in [-0.39, 0.29) is 10.8 Å². The van der Waals surface area contributed by atoms with Crippen LogP contribution in [0.2, 0.25) is 0 Å². The van der Waals surface area contributed by atoms with Crippen LogP contribution in [0.5, 0.6) is 0 Å². The fraction of sp³-hybridized carbons (Fsp3) is 1.00. The van der Waals surface area contributed by atoms with Crippen LogP contribution in [0.25, 0.3) is 0 Å². The lowest BCUT2D eigenvalue weighted by Gasteiger charge is -2.07. The largest absolute Gasteiger partial charge is 0.379 e. The second-order valence-corrected chi connectivity index (χ2v) is 6.27. The predicted molar refractivity (Wildman–Crippen MR) is 80.0 cm³/mol. The van der Waals surface area contributed by atoms with Gasteiger partial charge >= 0.3 is 0 Å². The normalized spacial score (nSPS) is 14.7. The molecule has 2 nitrogen and oxygen atoms in total. The molecular weight excluding hydrogens is 271 g/mol. The van der Waals surface area contributed by atoms with Crippen LogP contribution in [0.3, 0.4) is 0 Å². The lowest BCUT2D eigenvalue weighted by Crippen LogP contribution is -2.06. The SMILES string of the molecule is CC(Cl)CCCCOCCOCCCCC(C)Cl. The van der Waals surface area contributed by atoms with Gasteiger partial charge in [0, 0.05) is 24.0 Å². The van der Waals surface area contributed by atoms with Crippen molar-refractivity contribution in [3.8, 4) is 0 Å². The Hall–Kier alpha value is 0.500. The molecule has 0 aromatic heterocycles. The average Bonchev–Trinajstić information content (AvgIpc) is 2.29. The first-order valence-electron chi connectivity index (χ1n) is 7.06. The van der Waals surface area contributed by atoms with E-state index in [0.717, 1.165) is 51.7 Å². The molecule has 0 aliphatic heterocycles. The second-order valence-electron chi connectivity index (χ2n) is 4.78. The van der Waals surface area contributed by atoms with Crippen molar-refractivity contribution in [2.24, 2.45) is 0 Å². The van der Waals surface area contributed by atoms with E-state index in [2.05, 4.69) is 0 Å². The molecule has 0 fully saturated rings. The summed E-state index contributed by atoms with van der Waals surface area (Å²) < 4.78 is 10.9. The molecule has 0 aromatic carbocycles. The van der Waals surface area contributed by atoms with Crippen molar-refractivity contribution in [1.29, 1.82) is 0 Å². The molecule has 0 rings (SSSR count). The monoisotopic (exact) mass is 298 g/mol. The molecule has 0 saturated heterocycles. The van der Waals surface area contributed by atoms with Gasteiger partial charge in [0.25, 0.3) is 0 Å². The maximum atomic E-state index is 5.85. The summed E-state index contributed by atoms with van der Waals surface area (Å²) in [6, 6.07) is 0. The maximum Gasteiger partial charge on any atom is 0.0700 e.